The highest BCUT2D eigenvalue weighted by Crippen LogP contribution is 2.09. The van der Waals surface area contributed by atoms with Crippen LogP contribution in [0.2, 0.25) is 0 Å². The van der Waals surface area contributed by atoms with Crippen LogP contribution in [0, 0.1) is 0 Å². The molecule has 1 amide bonds. The van der Waals surface area contributed by atoms with Crippen molar-refractivity contribution in [1.29, 1.82) is 0 Å². The predicted octanol–water partition coefficient (Wildman–Crippen LogP) is 1.44. The van der Waals surface area contributed by atoms with Crippen LogP contribution in [-0.2, 0) is 11.3 Å². The van der Waals surface area contributed by atoms with Gasteiger partial charge in [-0.25, -0.2) is 4.79 Å². The molecule has 1 aromatic heterocycles. The maximum absolute atomic E-state index is 10.2. The Bertz CT molecular complexity index is 290. The smallest absolute Gasteiger partial charge is 0.404 e. The van der Waals surface area contributed by atoms with Crippen LogP contribution in [0.5, 0.6) is 0 Å². The maximum Gasteiger partial charge on any atom is 0.404 e. The average Bonchev–Trinajstić information content (AvgIpc) is 2.01. The number of pyridine rings is 1. The van der Waals surface area contributed by atoms with Gasteiger partial charge in [-0.3, -0.25) is 4.98 Å². The summed E-state index contributed by atoms with van der Waals surface area (Å²) in [5.74, 6) is 0. The average molecular weight is 231 g/mol. The molecule has 0 aromatic carbocycles. The zero-order valence-electron chi connectivity index (χ0n) is 6.16. The van der Waals surface area contributed by atoms with Gasteiger partial charge in [0.2, 0.25) is 0 Å². The minimum atomic E-state index is -0.795. The number of aromatic nitrogens is 1. The van der Waals surface area contributed by atoms with Crippen molar-refractivity contribution < 1.29 is 9.53 Å². The molecule has 0 aliphatic heterocycles. The lowest BCUT2D eigenvalue weighted by molar-refractivity contribution is 0.149. The lowest BCUT2D eigenvalue weighted by Crippen LogP contribution is -2.13. The van der Waals surface area contributed by atoms with Crippen LogP contribution in [-0.4, -0.2) is 11.1 Å². The zero-order valence-corrected chi connectivity index (χ0v) is 7.74. The largest absolute Gasteiger partial charge is 0.443 e. The third kappa shape index (κ3) is 2.87. The quantitative estimate of drug-likeness (QED) is 0.837. The van der Waals surface area contributed by atoms with E-state index in [-0.39, 0.29) is 6.61 Å². The lowest BCUT2D eigenvalue weighted by atomic mass is 10.4. The maximum atomic E-state index is 10.2. The summed E-state index contributed by atoms with van der Waals surface area (Å²) in [6.07, 6.45) is 0.820. The van der Waals surface area contributed by atoms with E-state index in [1.54, 1.807) is 18.3 Å². The summed E-state index contributed by atoms with van der Waals surface area (Å²) in [5, 5.41) is 0. The van der Waals surface area contributed by atoms with Gasteiger partial charge in [-0.2, -0.15) is 0 Å². The van der Waals surface area contributed by atoms with Crippen molar-refractivity contribution in [2.24, 2.45) is 5.73 Å². The molecular formula is C7H7BrN2O2. The first kappa shape index (κ1) is 8.99. The number of ether oxygens (including phenoxy) is 1. The van der Waals surface area contributed by atoms with Gasteiger partial charge in [0.05, 0.1) is 5.69 Å². The molecule has 1 aromatic rings. The highest BCUT2D eigenvalue weighted by molar-refractivity contribution is 9.10. The molecule has 0 aliphatic rings. The van der Waals surface area contributed by atoms with Gasteiger partial charge in [-0.1, -0.05) is 15.9 Å². The molecule has 0 bridgehead atoms. The molecule has 1 rings (SSSR count). The van der Waals surface area contributed by atoms with Gasteiger partial charge in [0, 0.05) is 10.7 Å². The number of hydrogen-bond donors (Lipinski definition) is 1. The number of carbonyl (C=O) groups is 1. The van der Waals surface area contributed by atoms with Crippen LogP contribution in [0.3, 0.4) is 0 Å². The predicted molar refractivity (Wildman–Crippen MR) is 46.3 cm³/mol. The van der Waals surface area contributed by atoms with Crippen molar-refractivity contribution in [1.82, 2.24) is 4.98 Å². The lowest BCUT2D eigenvalue weighted by Gasteiger charge is -2.00. The Kier molecular flexibility index (Phi) is 3.04. The number of nitrogens with two attached hydrogens (primary N) is 1. The summed E-state index contributed by atoms with van der Waals surface area (Å²) in [4.78, 5) is 14.2. The summed E-state index contributed by atoms with van der Waals surface area (Å²) >= 11 is 3.26. The third-order valence-electron chi connectivity index (χ3n) is 1.14. The van der Waals surface area contributed by atoms with E-state index < -0.39 is 6.09 Å². The fraction of sp³-hybridized carbons (Fsp3) is 0.143. The van der Waals surface area contributed by atoms with E-state index in [9.17, 15) is 4.79 Å². The molecule has 2 N–H and O–H groups in total. The molecule has 0 saturated carbocycles. The van der Waals surface area contributed by atoms with E-state index >= 15 is 0 Å². The molecule has 0 saturated heterocycles. The molecular weight excluding hydrogens is 224 g/mol. The highest BCUT2D eigenvalue weighted by atomic mass is 79.9. The number of primary amides is 1. The van der Waals surface area contributed by atoms with Gasteiger partial charge in [-0.05, 0) is 12.1 Å². The van der Waals surface area contributed by atoms with Crippen molar-refractivity contribution >= 4 is 22.0 Å². The molecule has 64 valence electrons. The Morgan fingerprint density at radius 3 is 3.08 bits per heavy atom. The van der Waals surface area contributed by atoms with Crippen LogP contribution >= 0.6 is 15.9 Å². The van der Waals surface area contributed by atoms with Gasteiger partial charge >= 0.3 is 6.09 Å². The molecule has 0 atom stereocenters. The molecule has 1 heterocycles. The summed E-state index contributed by atoms with van der Waals surface area (Å²) in [6, 6.07) is 3.54. The number of rotatable bonds is 2. The summed E-state index contributed by atoms with van der Waals surface area (Å²) in [6.45, 7) is 0.106. The molecule has 4 nitrogen and oxygen atoms in total. The number of carbonyl (C=O) groups excluding carboxylic acids is 1. The van der Waals surface area contributed by atoms with Gasteiger partial charge in [0.15, 0.2) is 0 Å². The van der Waals surface area contributed by atoms with Crippen molar-refractivity contribution in [3.63, 3.8) is 0 Å². The molecule has 0 fully saturated rings. The topological polar surface area (TPSA) is 65.2 Å². The Morgan fingerprint density at radius 1 is 1.75 bits per heavy atom. The minimum Gasteiger partial charge on any atom is -0.443 e. The third-order valence-corrected chi connectivity index (χ3v) is 1.63. The first-order valence-electron chi connectivity index (χ1n) is 3.21. The first-order chi connectivity index (χ1) is 5.68. The first-order valence-corrected chi connectivity index (χ1v) is 4.00. The summed E-state index contributed by atoms with van der Waals surface area (Å²) < 4.78 is 5.43. The fourth-order valence-electron chi connectivity index (χ4n) is 0.673. The molecule has 5 heteroatoms. The molecule has 0 unspecified atom stereocenters. The number of hydrogen-bond acceptors (Lipinski definition) is 3. The fourth-order valence-corrected chi connectivity index (χ4v) is 1.06. The van der Waals surface area contributed by atoms with E-state index in [2.05, 4.69) is 25.7 Å². The second-order valence-corrected chi connectivity index (χ2v) is 2.99. The van der Waals surface area contributed by atoms with Crippen molar-refractivity contribution in [3.8, 4) is 0 Å². The number of nitrogens with zero attached hydrogens (tertiary/aromatic N) is 1. The molecule has 12 heavy (non-hydrogen) atoms. The Labute approximate surface area is 77.9 Å². The van der Waals surface area contributed by atoms with E-state index in [1.807, 2.05) is 0 Å². The van der Waals surface area contributed by atoms with Gasteiger partial charge in [0.25, 0.3) is 0 Å². The van der Waals surface area contributed by atoms with Crippen LogP contribution < -0.4 is 5.73 Å². The minimum absolute atomic E-state index is 0.106. The summed E-state index contributed by atoms with van der Waals surface area (Å²) in [5.41, 5.74) is 5.43. The van der Waals surface area contributed by atoms with Crippen LogP contribution in [0.15, 0.2) is 22.8 Å². The molecule has 0 aliphatic carbocycles. The van der Waals surface area contributed by atoms with Crippen molar-refractivity contribution in [2.45, 2.75) is 6.61 Å². The Morgan fingerprint density at radius 2 is 2.50 bits per heavy atom. The molecule has 0 spiro atoms. The van der Waals surface area contributed by atoms with Crippen LogP contribution in [0.25, 0.3) is 0 Å². The Hall–Kier alpha value is -1.10. The number of halogens is 1. The van der Waals surface area contributed by atoms with E-state index in [1.165, 1.54) is 0 Å². The summed E-state index contributed by atoms with van der Waals surface area (Å²) in [7, 11) is 0. The zero-order chi connectivity index (χ0) is 8.97. The highest BCUT2D eigenvalue weighted by Gasteiger charge is 1.97. The van der Waals surface area contributed by atoms with Crippen LogP contribution in [0.4, 0.5) is 4.79 Å². The van der Waals surface area contributed by atoms with Crippen LogP contribution in [0.1, 0.15) is 5.69 Å². The SMILES string of the molecule is NC(=O)OCc1cc(Br)ccn1. The monoisotopic (exact) mass is 230 g/mol. The molecule has 0 radical (unpaired) electrons. The Balaban J connectivity index is 2.57. The van der Waals surface area contributed by atoms with Crippen molar-refractivity contribution in [2.75, 3.05) is 0 Å². The second kappa shape index (κ2) is 4.06. The standard InChI is InChI=1S/C7H7BrN2O2/c8-5-1-2-10-6(3-5)4-12-7(9)11/h1-3H,4H2,(H2,9,11). The normalized spacial score (nSPS) is 9.42. The van der Waals surface area contributed by atoms with Gasteiger partial charge in [-0.15, -0.1) is 0 Å². The van der Waals surface area contributed by atoms with Gasteiger partial charge in [0.1, 0.15) is 6.61 Å². The van der Waals surface area contributed by atoms with E-state index in [0.29, 0.717) is 5.69 Å². The van der Waals surface area contributed by atoms with E-state index in [0.717, 1.165) is 4.47 Å². The van der Waals surface area contributed by atoms with Crippen molar-refractivity contribution in [3.05, 3.63) is 28.5 Å². The number of amides is 1. The van der Waals surface area contributed by atoms with E-state index in [4.69, 9.17) is 5.73 Å². The second-order valence-electron chi connectivity index (χ2n) is 2.07. The van der Waals surface area contributed by atoms with Gasteiger partial charge < -0.3 is 10.5 Å².